The number of hydrogen-bond donors (Lipinski definition) is 1. The van der Waals surface area contributed by atoms with Gasteiger partial charge in [0, 0.05) is 43.2 Å². The molecule has 5 heteroatoms. The van der Waals surface area contributed by atoms with Crippen molar-refractivity contribution in [3.05, 3.63) is 47.8 Å². The molecule has 1 N–H and O–H groups in total. The van der Waals surface area contributed by atoms with Gasteiger partial charge in [0.1, 0.15) is 0 Å². The van der Waals surface area contributed by atoms with Crippen molar-refractivity contribution in [3.8, 4) is 11.4 Å². The maximum absolute atomic E-state index is 9.18. The molecule has 5 nitrogen and oxygen atoms in total. The second kappa shape index (κ2) is 6.97. The Hall–Kier alpha value is -1.82. The molecule has 2 atom stereocenters. The van der Waals surface area contributed by atoms with E-state index in [9.17, 15) is 5.11 Å². The number of hydrogen-bond acceptors (Lipinski definition) is 5. The average molecular weight is 325 g/mol. The SMILES string of the molecule is OCc1ccnc(-c2ccc(CCN3CC4COCC4C3)cc2)n1. The van der Waals surface area contributed by atoms with E-state index in [1.165, 1.54) is 18.7 Å². The van der Waals surface area contributed by atoms with Crippen LogP contribution in [0, 0.1) is 11.8 Å². The molecule has 3 heterocycles. The largest absolute Gasteiger partial charge is 0.390 e. The third-order valence-electron chi connectivity index (χ3n) is 5.12. The van der Waals surface area contributed by atoms with Gasteiger partial charge < -0.3 is 14.7 Å². The number of ether oxygens (including phenoxy) is 1. The van der Waals surface area contributed by atoms with Crippen LogP contribution in [0.1, 0.15) is 11.3 Å². The van der Waals surface area contributed by atoms with Crippen LogP contribution in [0.15, 0.2) is 36.5 Å². The molecule has 1 aromatic heterocycles. The fourth-order valence-corrected chi connectivity index (χ4v) is 3.70. The molecule has 0 amide bonds. The van der Waals surface area contributed by atoms with Gasteiger partial charge in [0.2, 0.25) is 0 Å². The molecule has 24 heavy (non-hydrogen) atoms. The number of rotatable bonds is 5. The minimum atomic E-state index is -0.0591. The van der Waals surface area contributed by atoms with E-state index >= 15 is 0 Å². The van der Waals surface area contributed by atoms with Gasteiger partial charge in [-0.05, 0) is 18.1 Å². The van der Waals surface area contributed by atoms with Gasteiger partial charge in [-0.1, -0.05) is 24.3 Å². The molecule has 0 aliphatic carbocycles. The maximum Gasteiger partial charge on any atom is 0.159 e. The highest BCUT2D eigenvalue weighted by molar-refractivity contribution is 5.55. The average Bonchev–Trinajstić information content (AvgIpc) is 3.22. The Morgan fingerprint density at radius 2 is 1.83 bits per heavy atom. The van der Waals surface area contributed by atoms with E-state index in [2.05, 4.69) is 39.1 Å². The van der Waals surface area contributed by atoms with Crippen molar-refractivity contribution in [1.29, 1.82) is 0 Å². The van der Waals surface area contributed by atoms with Crippen LogP contribution >= 0.6 is 0 Å². The lowest BCUT2D eigenvalue weighted by molar-refractivity contribution is 0.155. The number of aliphatic hydroxyl groups is 1. The van der Waals surface area contributed by atoms with E-state index < -0.39 is 0 Å². The summed E-state index contributed by atoms with van der Waals surface area (Å²) in [6.07, 6.45) is 2.76. The molecule has 0 saturated carbocycles. The molecule has 0 bridgehead atoms. The predicted octanol–water partition coefficient (Wildman–Crippen LogP) is 1.76. The Kier molecular flexibility index (Phi) is 4.56. The van der Waals surface area contributed by atoms with Crippen LogP contribution in [-0.4, -0.2) is 52.8 Å². The van der Waals surface area contributed by atoms with Gasteiger partial charge in [-0.2, -0.15) is 0 Å². The molecule has 2 aromatic rings. The van der Waals surface area contributed by atoms with Gasteiger partial charge in [0.05, 0.1) is 25.5 Å². The van der Waals surface area contributed by atoms with Gasteiger partial charge in [-0.25, -0.2) is 9.97 Å². The molecule has 2 unspecified atom stereocenters. The summed E-state index contributed by atoms with van der Waals surface area (Å²) in [6, 6.07) is 10.2. The van der Waals surface area contributed by atoms with Crippen molar-refractivity contribution < 1.29 is 9.84 Å². The van der Waals surface area contributed by atoms with Crippen LogP contribution in [-0.2, 0) is 17.8 Å². The summed E-state index contributed by atoms with van der Waals surface area (Å²) in [4.78, 5) is 11.2. The molecule has 2 saturated heterocycles. The minimum Gasteiger partial charge on any atom is -0.390 e. The molecule has 0 spiro atoms. The van der Waals surface area contributed by atoms with Crippen LogP contribution in [0.3, 0.4) is 0 Å². The van der Waals surface area contributed by atoms with E-state index in [-0.39, 0.29) is 6.61 Å². The fraction of sp³-hybridized carbons (Fsp3) is 0.474. The highest BCUT2D eigenvalue weighted by atomic mass is 16.5. The molecule has 2 aliphatic heterocycles. The number of fused-ring (bicyclic) bond motifs is 1. The molecular formula is C19H23N3O2. The van der Waals surface area contributed by atoms with Crippen LogP contribution in [0.5, 0.6) is 0 Å². The van der Waals surface area contributed by atoms with Crippen molar-refractivity contribution in [1.82, 2.24) is 14.9 Å². The molecule has 0 radical (unpaired) electrons. The highest BCUT2D eigenvalue weighted by Crippen LogP contribution is 2.29. The fourth-order valence-electron chi connectivity index (χ4n) is 3.70. The summed E-state index contributed by atoms with van der Waals surface area (Å²) in [5.74, 6) is 2.17. The monoisotopic (exact) mass is 325 g/mol. The first kappa shape index (κ1) is 15.7. The topological polar surface area (TPSA) is 58.5 Å². The van der Waals surface area contributed by atoms with Gasteiger partial charge in [0.15, 0.2) is 5.82 Å². The van der Waals surface area contributed by atoms with Crippen LogP contribution in [0.2, 0.25) is 0 Å². The Bertz CT molecular complexity index is 677. The zero-order valence-electron chi connectivity index (χ0n) is 13.8. The van der Waals surface area contributed by atoms with E-state index in [0.29, 0.717) is 11.5 Å². The summed E-state index contributed by atoms with van der Waals surface area (Å²) >= 11 is 0. The molecule has 2 aliphatic rings. The number of aromatic nitrogens is 2. The molecule has 4 rings (SSSR count). The normalized spacial score (nSPS) is 23.5. The van der Waals surface area contributed by atoms with Crippen LogP contribution in [0.25, 0.3) is 11.4 Å². The summed E-state index contributed by atoms with van der Waals surface area (Å²) in [5, 5.41) is 9.18. The minimum absolute atomic E-state index is 0.0591. The van der Waals surface area contributed by atoms with Gasteiger partial charge in [-0.3, -0.25) is 0 Å². The molecule has 1 aromatic carbocycles. The number of likely N-dealkylation sites (tertiary alicyclic amines) is 1. The standard InChI is InChI=1S/C19H23N3O2/c23-11-18-5-7-20-19(21-18)15-3-1-14(2-4-15)6-8-22-9-16-12-24-13-17(16)10-22/h1-5,7,16-17,23H,6,8-13H2. The lowest BCUT2D eigenvalue weighted by Crippen LogP contribution is -2.25. The summed E-state index contributed by atoms with van der Waals surface area (Å²) < 4.78 is 5.54. The zero-order chi connectivity index (χ0) is 16.4. The number of benzene rings is 1. The maximum atomic E-state index is 9.18. The van der Waals surface area contributed by atoms with Crippen LogP contribution in [0.4, 0.5) is 0 Å². The third kappa shape index (κ3) is 3.34. The molecule has 2 fully saturated rings. The third-order valence-corrected chi connectivity index (χ3v) is 5.12. The Balaban J connectivity index is 1.35. The predicted molar refractivity (Wildman–Crippen MR) is 91.3 cm³/mol. The second-order valence-corrected chi connectivity index (χ2v) is 6.79. The Morgan fingerprint density at radius 1 is 1.08 bits per heavy atom. The Labute approximate surface area is 142 Å². The van der Waals surface area contributed by atoms with Gasteiger partial charge in [-0.15, -0.1) is 0 Å². The number of aliphatic hydroxyl groups excluding tert-OH is 1. The Morgan fingerprint density at radius 3 is 2.54 bits per heavy atom. The highest BCUT2D eigenvalue weighted by Gasteiger charge is 2.36. The second-order valence-electron chi connectivity index (χ2n) is 6.79. The first-order chi connectivity index (χ1) is 11.8. The van der Waals surface area contributed by atoms with Crippen molar-refractivity contribution >= 4 is 0 Å². The first-order valence-electron chi connectivity index (χ1n) is 8.64. The van der Waals surface area contributed by atoms with Crippen molar-refractivity contribution in [2.24, 2.45) is 11.8 Å². The quantitative estimate of drug-likeness (QED) is 0.908. The molecule has 126 valence electrons. The smallest absolute Gasteiger partial charge is 0.159 e. The summed E-state index contributed by atoms with van der Waals surface area (Å²) in [7, 11) is 0. The zero-order valence-corrected chi connectivity index (χ0v) is 13.8. The lowest BCUT2D eigenvalue weighted by atomic mass is 10.0. The van der Waals surface area contributed by atoms with E-state index in [1.54, 1.807) is 12.3 Å². The lowest BCUT2D eigenvalue weighted by Gasteiger charge is -2.16. The summed E-state index contributed by atoms with van der Waals surface area (Å²) in [6.45, 7) is 5.32. The molecular weight excluding hydrogens is 302 g/mol. The van der Waals surface area contributed by atoms with E-state index in [4.69, 9.17) is 4.74 Å². The van der Waals surface area contributed by atoms with Crippen molar-refractivity contribution in [2.75, 3.05) is 32.8 Å². The number of nitrogens with zero attached hydrogens (tertiary/aromatic N) is 3. The van der Waals surface area contributed by atoms with Crippen LogP contribution < -0.4 is 0 Å². The van der Waals surface area contributed by atoms with Crippen molar-refractivity contribution in [2.45, 2.75) is 13.0 Å². The van der Waals surface area contributed by atoms with Gasteiger partial charge >= 0.3 is 0 Å². The van der Waals surface area contributed by atoms with Gasteiger partial charge in [0.25, 0.3) is 0 Å². The summed E-state index contributed by atoms with van der Waals surface area (Å²) in [5.41, 5.74) is 2.97. The van der Waals surface area contributed by atoms with E-state index in [1.807, 2.05) is 0 Å². The van der Waals surface area contributed by atoms with E-state index in [0.717, 1.165) is 43.6 Å². The first-order valence-corrected chi connectivity index (χ1v) is 8.64. The van der Waals surface area contributed by atoms with Crippen molar-refractivity contribution in [3.63, 3.8) is 0 Å².